The predicted molar refractivity (Wildman–Crippen MR) is 66.2 cm³/mol. The average Bonchev–Trinajstić information content (AvgIpc) is 2.69. The molecule has 1 heterocycles. The van der Waals surface area contributed by atoms with Gasteiger partial charge in [-0.2, -0.15) is 5.10 Å². The van der Waals surface area contributed by atoms with E-state index in [0.29, 0.717) is 12.4 Å². The minimum atomic E-state index is -0.350. The van der Waals surface area contributed by atoms with Crippen LogP contribution >= 0.6 is 0 Å². The highest BCUT2D eigenvalue weighted by atomic mass is 16.5. The summed E-state index contributed by atoms with van der Waals surface area (Å²) in [6, 6.07) is 5.59. The van der Waals surface area contributed by atoms with Crippen LogP contribution in [0.25, 0.3) is 17.0 Å². The molecule has 0 aliphatic heterocycles. The van der Waals surface area contributed by atoms with Crippen molar-refractivity contribution in [2.24, 2.45) is 0 Å². The smallest absolute Gasteiger partial charge is 0.330 e. The third-order valence-electron chi connectivity index (χ3n) is 2.31. The van der Waals surface area contributed by atoms with E-state index in [-0.39, 0.29) is 5.97 Å². The molecule has 3 N–H and O–H groups in total. The summed E-state index contributed by atoms with van der Waals surface area (Å²) in [6.07, 6.45) is 3.08. The fraction of sp³-hybridized carbons (Fsp3) is 0.167. The SMILES string of the molecule is CCOC(=O)C=Cc1ccc2c(N)n[nH]c2c1. The van der Waals surface area contributed by atoms with Crippen molar-refractivity contribution < 1.29 is 9.53 Å². The van der Waals surface area contributed by atoms with E-state index in [1.54, 1.807) is 13.0 Å². The van der Waals surface area contributed by atoms with E-state index in [0.717, 1.165) is 16.5 Å². The van der Waals surface area contributed by atoms with Crippen LogP contribution in [0, 0.1) is 0 Å². The van der Waals surface area contributed by atoms with Gasteiger partial charge >= 0.3 is 5.97 Å². The highest BCUT2D eigenvalue weighted by molar-refractivity contribution is 5.91. The summed E-state index contributed by atoms with van der Waals surface area (Å²) in [5.74, 6) is 0.123. The summed E-state index contributed by atoms with van der Waals surface area (Å²) in [7, 11) is 0. The zero-order valence-corrected chi connectivity index (χ0v) is 9.43. The normalized spacial score (nSPS) is 11.1. The predicted octanol–water partition coefficient (Wildman–Crippen LogP) is 1.72. The Hall–Kier alpha value is -2.30. The molecule has 0 saturated heterocycles. The molecule has 17 heavy (non-hydrogen) atoms. The van der Waals surface area contributed by atoms with Gasteiger partial charge in [0.05, 0.1) is 12.1 Å². The van der Waals surface area contributed by atoms with Crippen molar-refractivity contribution in [2.75, 3.05) is 12.3 Å². The van der Waals surface area contributed by atoms with E-state index in [1.807, 2.05) is 18.2 Å². The lowest BCUT2D eigenvalue weighted by Crippen LogP contribution is -1.98. The standard InChI is InChI=1S/C12H13N3O2/c1-2-17-11(16)6-4-8-3-5-9-10(7-8)14-15-12(9)13/h3-7H,2H2,1H3,(H3,13,14,15). The van der Waals surface area contributed by atoms with Crippen molar-refractivity contribution in [3.8, 4) is 0 Å². The minimum absolute atomic E-state index is 0.350. The number of aromatic amines is 1. The number of hydrogen-bond acceptors (Lipinski definition) is 4. The molecule has 0 radical (unpaired) electrons. The molecule has 0 unspecified atom stereocenters. The Morgan fingerprint density at radius 1 is 1.59 bits per heavy atom. The second-order valence-electron chi connectivity index (χ2n) is 3.50. The number of rotatable bonds is 3. The Labute approximate surface area is 98.3 Å². The Morgan fingerprint density at radius 2 is 2.41 bits per heavy atom. The molecule has 1 aromatic heterocycles. The van der Waals surface area contributed by atoms with Crippen LogP contribution in [-0.2, 0) is 9.53 Å². The number of anilines is 1. The topological polar surface area (TPSA) is 81.0 Å². The number of aromatic nitrogens is 2. The summed E-state index contributed by atoms with van der Waals surface area (Å²) in [5.41, 5.74) is 7.38. The van der Waals surface area contributed by atoms with Gasteiger partial charge in [0.15, 0.2) is 5.82 Å². The van der Waals surface area contributed by atoms with Gasteiger partial charge in [-0.25, -0.2) is 4.79 Å². The van der Waals surface area contributed by atoms with Gasteiger partial charge in [-0.3, -0.25) is 5.10 Å². The molecule has 0 atom stereocenters. The first-order valence-electron chi connectivity index (χ1n) is 5.29. The Kier molecular flexibility index (Phi) is 3.09. The van der Waals surface area contributed by atoms with Crippen LogP contribution in [0.2, 0.25) is 0 Å². The van der Waals surface area contributed by atoms with Crippen LogP contribution in [0.4, 0.5) is 5.82 Å². The lowest BCUT2D eigenvalue weighted by Gasteiger charge is -1.96. The Morgan fingerprint density at radius 3 is 3.18 bits per heavy atom. The fourth-order valence-corrected chi connectivity index (χ4v) is 1.52. The summed E-state index contributed by atoms with van der Waals surface area (Å²) < 4.78 is 4.79. The first-order valence-corrected chi connectivity index (χ1v) is 5.29. The van der Waals surface area contributed by atoms with Gasteiger partial charge in [0.1, 0.15) is 0 Å². The maximum Gasteiger partial charge on any atom is 0.330 e. The third kappa shape index (κ3) is 2.44. The highest BCUT2D eigenvalue weighted by Crippen LogP contribution is 2.19. The van der Waals surface area contributed by atoms with Crippen LogP contribution in [0.3, 0.4) is 0 Å². The first-order chi connectivity index (χ1) is 8.20. The number of benzene rings is 1. The molecule has 0 fully saturated rings. The maximum atomic E-state index is 11.1. The van der Waals surface area contributed by atoms with E-state index in [9.17, 15) is 4.79 Å². The van der Waals surface area contributed by atoms with Crippen molar-refractivity contribution in [3.63, 3.8) is 0 Å². The van der Waals surface area contributed by atoms with Gasteiger partial charge in [-0.15, -0.1) is 0 Å². The molecule has 0 aliphatic rings. The van der Waals surface area contributed by atoms with Crippen LogP contribution in [-0.4, -0.2) is 22.8 Å². The number of carbonyl (C=O) groups is 1. The highest BCUT2D eigenvalue weighted by Gasteiger charge is 2.01. The second kappa shape index (κ2) is 4.69. The number of ether oxygens (including phenoxy) is 1. The first kappa shape index (κ1) is 11.2. The summed E-state index contributed by atoms with van der Waals surface area (Å²) in [4.78, 5) is 11.1. The lowest BCUT2D eigenvalue weighted by molar-refractivity contribution is -0.137. The number of esters is 1. The zero-order chi connectivity index (χ0) is 12.3. The van der Waals surface area contributed by atoms with E-state index in [4.69, 9.17) is 10.5 Å². The number of nitrogens with two attached hydrogens (primary N) is 1. The van der Waals surface area contributed by atoms with E-state index in [1.165, 1.54) is 6.08 Å². The van der Waals surface area contributed by atoms with Crippen molar-refractivity contribution in [2.45, 2.75) is 6.92 Å². The summed E-state index contributed by atoms with van der Waals surface area (Å²) in [6.45, 7) is 2.14. The molecule has 0 aliphatic carbocycles. The number of H-pyrrole nitrogens is 1. The second-order valence-corrected chi connectivity index (χ2v) is 3.50. The molecule has 0 saturated carbocycles. The number of nitrogens with one attached hydrogen (secondary N) is 1. The zero-order valence-electron chi connectivity index (χ0n) is 9.43. The van der Waals surface area contributed by atoms with Crippen molar-refractivity contribution in [3.05, 3.63) is 29.8 Å². The molecule has 2 aromatic rings. The van der Waals surface area contributed by atoms with E-state index in [2.05, 4.69) is 10.2 Å². The van der Waals surface area contributed by atoms with Crippen LogP contribution in [0.1, 0.15) is 12.5 Å². The van der Waals surface area contributed by atoms with Gasteiger partial charge in [-0.1, -0.05) is 6.07 Å². The summed E-state index contributed by atoms with van der Waals surface area (Å²) in [5, 5.41) is 7.59. The average molecular weight is 231 g/mol. The number of nitrogens with zero attached hydrogens (tertiary/aromatic N) is 1. The molecule has 1 aromatic carbocycles. The van der Waals surface area contributed by atoms with Gasteiger partial charge in [0, 0.05) is 11.5 Å². The summed E-state index contributed by atoms with van der Waals surface area (Å²) >= 11 is 0. The molecule has 0 spiro atoms. The lowest BCUT2D eigenvalue weighted by atomic mass is 10.1. The number of fused-ring (bicyclic) bond motifs is 1. The minimum Gasteiger partial charge on any atom is -0.463 e. The van der Waals surface area contributed by atoms with Gasteiger partial charge in [0.25, 0.3) is 0 Å². The number of nitrogen functional groups attached to an aromatic ring is 1. The van der Waals surface area contributed by atoms with Gasteiger partial charge < -0.3 is 10.5 Å². The molecule has 5 nitrogen and oxygen atoms in total. The van der Waals surface area contributed by atoms with E-state index >= 15 is 0 Å². The number of carbonyl (C=O) groups excluding carboxylic acids is 1. The van der Waals surface area contributed by atoms with Gasteiger partial charge in [0.2, 0.25) is 0 Å². The maximum absolute atomic E-state index is 11.1. The van der Waals surface area contributed by atoms with Crippen LogP contribution in [0.5, 0.6) is 0 Å². The fourth-order valence-electron chi connectivity index (χ4n) is 1.52. The van der Waals surface area contributed by atoms with Crippen molar-refractivity contribution in [1.29, 1.82) is 0 Å². The van der Waals surface area contributed by atoms with Crippen molar-refractivity contribution >= 4 is 28.8 Å². The molecular formula is C12H13N3O2. The molecule has 0 amide bonds. The number of hydrogen-bond donors (Lipinski definition) is 2. The monoisotopic (exact) mass is 231 g/mol. The molecular weight excluding hydrogens is 218 g/mol. The van der Waals surface area contributed by atoms with Crippen LogP contribution < -0.4 is 5.73 Å². The molecule has 88 valence electrons. The van der Waals surface area contributed by atoms with Crippen molar-refractivity contribution in [1.82, 2.24) is 10.2 Å². The molecule has 0 bridgehead atoms. The Balaban J connectivity index is 2.22. The molecule has 2 rings (SSSR count). The Bertz CT molecular complexity index is 572. The molecule has 5 heteroatoms. The van der Waals surface area contributed by atoms with Gasteiger partial charge in [-0.05, 0) is 30.7 Å². The van der Waals surface area contributed by atoms with Crippen LogP contribution in [0.15, 0.2) is 24.3 Å². The quantitative estimate of drug-likeness (QED) is 0.622. The van der Waals surface area contributed by atoms with E-state index < -0.39 is 0 Å². The third-order valence-corrected chi connectivity index (χ3v) is 2.31. The largest absolute Gasteiger partial charge is 0.463 e.